The number of nitro groups is 1. The number of carbonyl (C=O) groups is 2. The molecule has 0 spiro atoms. The van der Waals surface area contributed by atoms with Crippen molar-refractivity contribution in [3.05, 3.63) is 58.1 Å². The van der Waals surface area contributed by atoms with Crippen molar-refractivity contribution in [3.63, 3.8) is 0 Å². The molecule has 0 unspecified atom stereocenters. The Kier molecular flexibility index (Phi) is 7.96. The first-order valence-electron chi connectivity index (χ1n) is 8.86. The van der Waals surface area contributed by atoms with Crippen molar-refractivity contribution in [2.45, 2.75) is 19.8 Å². The minimum absolute atomic E-state index is 0.0108. The molecule has 0 aliphatic carbocycles. The molecule has 0 bridgehead atoms. The zero-order valence-electron chi connectivity index (χ0n) is 16.2. The summed E-state index contributed by atoms with van der Waals surface area (Å²) in [6.45, 7) is 1.77. The highest BCUT2D eigenvalue weighted by Gasteiger charge is 2.18. The average molecular weight is 402 g/mol. The molecule has 9 nitrogen and oxygen atoms in total. The Labute approximate surface area is 167 Å². The quantitative estimate of drug-likeness (QED) is 0.280. The number of nitro benzene ring substituents is 1. The number of ether oxygens (including phenoxy) is 3. The van der Waals surface area contributed by atoms with Crippen molar-refractivity contribution < 1.29 is 28.7 Å². The molecular formula is C20H22N2O7. The van der Waals surface area contributed by atoms with E-state index < -0.39 is 23.4 Å². The van der Waals surface area contributed by atoms with E-state index in [1.54, 1.807) is 0 Å². The maximum Gasteiger partial charge on any atom is 0.306 e. The lowest BCUT2D eigenvalue weighted by molar-refractivity contribution is -0.384. The van der Waals surface area contributed by atoms with Gasteiger partial charge in [-0.15, -0.1) is 0 Å². The lowest BCUT2D eigenvalue weighted by Crippen LogP contribution is -2.21. The minimum atomic E-state index is -0.678. The van der Waals surface area contributed by atoms with E-state index in [1.165, 1.54) is 25.3 Å². The van der Waals surface area contributed by atoms with Gasteiger partial charge in [0.25, 0.3) is 11.6 Å². The summed E-state index contributed by atoms with van der Waals surface area (Å²) in [7, 11) is 1.38. The molecule has 0 saturated heterocycles. The van der Waals surface area contributed by atoms with Crippen molar-refractivity contribution in [2.75, 3.05) is 25.6 Å². The highest BCUT2D eigenvalue weighted by atomic mass is 16.6. The molecule has 0 fully saturated rings. The summed E-state index contributed by atoms with van der Waals surface area (Å²) in [4.78, 5) is 34.1. The fraction of sp³-hybridized carbons (Fsp3) is 0.300. The fourth-order valence-electron chi connectivity index (χ4n) is 2.34. The number of benzene rings is 2. The van der Waals surface area contributed by atoms with Crippen LogP contribution in [0.2, 0.25) is 0 Å². The summed E-state index contributed by atoms with van der Waals surface area (Å²) in [5, 5.41) is 13.5. The summed E-state index contributed by atoms with van der Waals surface area (Å²) in [6.07, 6.45) is 0.514. The van der Waals surface area contributed by atoms with E-state index in [0.717, 1.165) is 5.56 Å². The molecule has 0 saturated carbocycles. The van der Waals surface area contributed by atoms with Crippen molar-refractivity contribution in [2.24, 2.45) is 0 Å². The van der Waals surface area contributed by atoms with Gasteiger partial charge in [0.15, 0.2) is 6.61 Å². The van der Waals surface area contributed by atoms with Crippen LogP contribution in [0, 0.1) is 17.0 Å². The first kappa shape index (κ1) is 21.7. The zero-order valence-corrected chi connectivity index (χ0v) is 16.2. The van der Waals surface area contributed by atoms with Crippen molar-refractivity contribution in [1.82, 2.24) is 0 Å². The predicted molar refractivity (Wildman–Crippen MR) is 105 cm³/mol. The number of rotatable bonds is 10. The Morgan fingerprint density at radius 2 is 1.79 bits per heavy atom. The normalized spacial score (nSPS) is 10.1. The molecule has 2 rings (SSSR count). The first-order chi connectivity index (χ1) is 13.9. The average Bonchev–Trinajstić information content (AvgIpc) is 2.71. The van der Waals surface area contributed by atoms with Gasteiger partial charge in [0.2, 0.25) is 0 Å². The van der Waals surface area contributed by atoms with E-state index in [1.807, 2.05) is 31.2 Å². The Morgan fingerprint density at radius 1 is 1.10 bits per heavy atom. The van der Waals surface area contributed by atoms with Crippen molar-refractivity contribution >= 4 is 23.3 Å². The van der Waals surface area contributed by atoms with E-state index >= 15 is 0 Å². The highest BCUT2D eigenvalue weighted by Crippen LogP contribution is 2.28. The molecule has 9 heteroatoms. The molecule has 0 aliphatic rings. The summed E-state index contributed by atoms with van der Waals surface area (Å²) >= 11 is 0. The van der Waals surface area contributed by atoms with Crippen LogP contribution in [0.5, 0.6) is 11.5 Å². The Morgan fingerprint density at radius 3 is 2.45 bits per heavy atom. The van der Waals surface area contributed by atoms with Gasteiger partial charge in [0, 0.05) is 6.42 Å². The Bertz CT molecular complexity index is 866. The molecule has 0 heterocycles. The Hall–Kier alpha value is -3.62. The summed E-state index contributed by atoms with van der Waals surface area (Å²) in [5.74, 6) is -0.238. The van der Waals surface area contributed by atoms with Crippen LogP contribution in [0.25, 0.3) is 0 Å². The number of methoxy groups -OCH3 is 1. The largest absolute Gasteiger partial charge is 0.496 e. The van der Waals surface area contributed by atoms with Crippen LogP contribution in [0.3, 0.4) is 0 Å². The van der Waals surface area contributed by atoms with Crippen LogP contribution in [0.15, 0.2) is 42.5 Å². The van der Waals surface area contributed by atoms with Crippen LogP contribution >= 0.6 is 0 Å². The molecule has 2 aromatic carbocycles. The number of esters is 1. The minimum Gasteiger partial charge on any atom is -0.496 e. The van der Waals surface area contributed by atoms with Crippen LogP contribution in [0.1, 0.15) is 18.4 Å². The lowest BCUT2D eigenvalue weighted by atomic mass is 10.2. The standard InChI is InChI=1S/C20H22N2O7/c1-14-5-7-15(8-6-14)28-11-3-4-20(24)29-13-19(23)21-17-10-9-16(27-2)12-18(17)22(25)26/h5-10,12H,3-4,11,13H2,1-2H3,(H,21,23). The van der Waals surface area contributed by atoms with Gasteiger partial charge in [-0.25, -0.2) is 0 Å². The topological polar surface area (TPSA) is 117 Å². The summed E-state index contributed by atoms with van der Waals surface area (Å²) in [6, 6.07) is 11.6. The van der Waals surface area contributed by atoms with Gasteiger partial charge < -0.3 is 19.5 Å². The van der Waals surface area contributed by atoms with Gasteiger partial charge in [-0.05, 0) is 37.6 Å². The van der Waals surface area contributed by atoms with E-state index in [-0.39, 0.29) is 23.5 Å². The third-order valence-corrected chi connectivity index (χ3v) is 3.85. The second-order valence-electron chi connectivity index (χ2n) is 6.11. The molecule has 154 valence electrons. The van der Waals surface area contributed by atoms with Gasteiger partial charge in [-0.2, -0.15) is 0 Å². The fourth-order valence-corrected chi connectivity index (χ4v) is 2.34. The molecule has 0 aromatic heterocycles. The van der Waals surface area contributed by atoms with Gasteiger partial charge in [-0.1, -0.05) is 17.7 Å². The van der Waals surface area contributed by atoms with E-state index in [4.69, 9.17) is 14.2 Å². The van der Waals surface area contributed by atoms with Gasteiger partial charge in [0.1, 0.15) is 17.2 Å². The van der Waals surface area contributed by atoms with Crippen LogP contribution < -0.4 is 14.8 Å². The SMILES string of the molecule is COc1ccc(NC(=O)COC(=O)CCCOc2ccc(C)cc2)c([N+](=O)[O-])c1. The molecule has 1 amide bonds. The number of amides is 1. The molecule has 0 radical (unpaired) electrons. The number of aryl methyl sites for hydroxylation is 1. The second kappa shape index (κ2) is 10.6. The number of anilines is 1. The van der Waals surface area contributed by atoms with Gasteiger partial charge in [-0.3, -0.25) is 19.7 Å². The molecule has 0 atom stereocenters. The zero-order chi connectivity index (χ0) is 21.2. The summed E-state index contributed by atoms with van der Waals surface area (Å²) < 4.78 is 15.3. The van der Waals surface area contributed by atoms with E-state index in [2.05, 4.69) is 5.32 Å². The third kappa shape index (κ3) is 7.13. The maximum absolute atomic E-state index is 11.9. The highest BCUT2D eigenvalue weighted by molar-refractivity contribution is 5.95. The Balaban J connectivity index is 1.72. The van der Waals surface area contributed by atoms with Crippen molar-refractivity contribution in [1.29, 1.82) is 0 Å². The number of nitrogens with zero attached hydrogens (tertiary/aromatic N) is 1. The smallest absolute Gasteiger partial charge is 0.306 e. The maximum atomic E-state index is 11.9. The molecule has 2 aromatic rings. The lowest BCUT2D eigenvalue weighted by Gasteiger charge is -2.09. The molecule has 0 aliphatic heterocycles. The summed E-state index contributed by atoms with van der Waals surface area (Å²) in [5.41, 5.74) is 0.791. The second-order valence-corrected chi connectivity index (χ2v) is 6.11. The van der Waals surface area contributed by atoms with Crippen LogP contribution in [0.4, 0.5) is 11.4 Å². The molecule has 1 N–H and O–H groups in total. The van der Waals surface area contributed by atoms with E-state index in [9.17, 15) is 19.7 Å². The molecule has 29 heavy (non-hydrogen) atoms. The number of nitrogens with one attached hydrogen (secondary N) is 1. The number of hydrogen-bond acceptors (Lipinski definition) is 7. The number of hydrogen-bond donors (Lipinski definition) is 1. The number of carbonyl (C=O) groups excluding carboxylic acids is 2. The monoisotopic (exact) mass is 402 g/mol. The van der Waals surface area contributed by atoms with Crippen LogP contribution in [-0.2, 0) is 14.3 Å². The van der Waals surface area contributed by atoms with Crippen LogP contribution in [-0.4, -0.2) is 37.1 Å². The first-order valence-corrected chi connectivity index (χ1v) is 8.86. The predicted octanol–water partition coefficient (Wildman–Crippen LogP) is 3.25. The van der Waals surface area contributed by atoms with Gasteiger partial charge >= 0.3 is 5.97 Å². The molecular weight excluding hydrogens is 380 g/mol. The third-order valence-electron chi connectivity index (χ3n) is 3.85. The van der Waals surface area contributed by atoms with Gasteiger partial charge in [0.05, 0.1) is 24.7 Å². The van der Waals surface area contributed by atoms with Crippen molar-refractivity contribution in [3.8, 4) is 11.5 Å². The van der Waals surface area contributed by atoms with E-state index in [0.29, 0.717) is 18.8 Å².